The molecule has 0 aliphatic rings. The molecule has 0 aromatic carbocycles. The van der Waals surface area contributed by atoms with E-state index in [1.807, 2.05) is 35.0 Å². The molecule has 0 aliphatic carbocycles. The molecule has 0 radical (unpaired) electrons. The number of hydrogen-bond acceptors (Lipinski definition) is 4. The number of nitrogens with zero attached hydrogens (tertiary/aromatic N) is 4. The first kappa shape index (κ1) is 13.4. The molecule has 0 unspecified atom stereocenters. The molecule has 0 aliphatic heterocycles. The molecule has 3 aromatic heterocycles. The molecule has 6 heteroatoms. The minimum atomic E-state index is -0.131. The van der Waals surface area contributed by atoms with E-state index < -0.39 is 0 Å². The molecule has 6 nitrogen and oxygen atoms in total. The second-order valence-electron chi connectivity index (χ2n) is 4.87. The Kier molecular flexibility index (Phi) is 3.68. The zero-order chi connectivity index (χ0) is 14.7. The third-order valence-corrected chi connectivity index (χ3v) is 3.17. The lowest BCUT2D eigenvalue weighted by atomic mass is 10.4. The minimum Gasteiger partial charge on any atom is -0.384 e. The van der Waals surface area contributed by atoms with Crippen molar-refractivity contribution >= 4 is 11.3 Å². The molecule has 108 valence electrons. The largest absolute Gasteiger partial charge is 0.384 e. The highest BCUT2D eigenvalue weighted by molar-refractivity contribution is 5.40. The predicted molar refractivity (Wildman–Crippen MR) is 81.6 cm³/mol. The van der Waals surface area contributed by atoms with Crippen LogP contribution in [0, 0.1) is 0 Å². The molecule has 0 saturated heterocycles. The lowest BCUT2D eigenvalue weighted by Gasteiger charge is -2.05. The predicted octanol–water partition coefficient (Wildman–Crippen LogP) is 1.76. The van der Waals surface area contributed by atoms with Gasteiger partial charge in [-0.15, -0.1) is 0 Å². The van der Waals surface area contributed by atoms with Crippen LogP contribution in [0.3, 0.4) is 0 Å². The van der Waals surface area contributed by atoms with Crippen LogP contribution in [-0.4, -0.2) is 25.7 Å². The summed E-state index contributed by atoms with van der Waals surface area (Å²) in [5, 5.41) is 7.34. The van der Waals surface area contributed by atoms with Crippen molar-refractivity contribution in [1.82, 2.24) is 19.2 Å². The van der Waals surface area contributed by atoms with Gasteiger partial charge in [0.25, 0.3) is 5.56 Å². The highest BCUT2D eigenvalue weighted by Gasteiger charge is 2.05. The van der Waals surface area contributed by atoms with Gasteiger partial charge in [-0.3, -0.25) is 4.79 Å². The van der Waals surface area contributed by atoms with Gasteiger partial charge in [-0.2, -0.15) is 5.10 Å². The van der Waals surface area contributed by atoms with E-state index in [0.717, 1.165) is 30.0 Å². The monoisotopic (exact) mass is 283 g/mol. The molecule has 3 rings (SSSR count). The van der Waals surface area contributed by atoms with Crippen molar-refractivity contribution in [2.75, 3.05) is 11.9 Å². The van der Waals surface area contributed by atoms with Crippen molar-refractivity contribution in [2.24, 2.45) is 0 Å². The molecule has 0 atom stereocenters. The van der Waals surface area contributed by atoms with Crippen molar-refractivity contribution in [3.8, 4) is 0 Å². The average Bonchev–Trinajstić information content (AvgIpc) is 2.90. The lowest BCUT2D eigenvalue weighted by molar-refractivity contribution is 0.631. The fraction of sp³-hybridized carbons (Fsp3) is 0.267. The quantitative estimate of drug-likeness (QED) is 0.775. The van der Waals surface area contributed by atoms with Gasteiger partial charge < -0.3 is 9.72 Å². The van der Waals surface area contributed by atoms with E-state index in [2.05, 4.69) is 22.3 Å². The average molecular weight is 283 g/mol. The molecule has 1 N–H and O–H groups in total. The first-order valence-corrected chi connectivity index (χ1v) is 7.00. The Bertz CT molecular complexity index is 772. The van der Waals surface area contributed by atoms with Gasteiger partial charge in [0, 0.05) is 25.0 Å². The Morgan fingerprint density at radius 1 is 1.33 bits per heavy atom. The van der Waals surface area contributed by atoms with Crippen LogP contribution in [0.1, 0.15) is 19.0 Å². The highest BCUT2D eigenvalue weighted by Crippen LogP contribution is 2.06. The number of rotatable bonds is 5. The van der Waals surface area contributed by atoms with Crippen molar-refractivity contribution in [3.05, 3.63) is 58.9 Å². The second-order valence-corrected chi connectivity index (χ2v) is 4.87. The summed E-state index contributed by atoms with van der Waals surface area (Å²) < 4.78 is 3.34. The summed E-state index contributed by atoms with van der Waals surface area (Å²) in [5.74, 6) is 0. The standard InChI is InChI=1S/C15H17N5O/c1-2-6-16-12-8-15(21)20(17-9-12)11-13-10-19-7-4-3-5-14(19)18-13/h3-5,7-10,16H,2,6,11H2,1H3. The molecule has 0 bridgehead atoms. The van der Waals surface area contributed by atoms with E-state index in [1.54, 1.807) is 12.3 Å². The van der Waals surface area contributed by atoms with Gasteiger partial charge in [-0.1, -0.05) is 13.0 Å². The van der Waals surface area contributed by atoms with E-state index in [1.165, 1.54) is 4.68 Å². The lowest BCUT2D eigenvalue weighted by Crippen LogP contribution is -2.23. The number of pyridine rings is 1. The van der Waals surface area contributed by atoms with E-state index in [-0.39, 0.29) is 5.56 Å². The summed E-state index contributed by atoms with van der Waals surface area (Å²) >= 11 is 0. The first-order valence-electron chi connectivity index (χ1n) is 7.00. The summed E-state index contributed by atoms with van der Waals surface area (Å²) in [6.07, 6.45) is 6.52. The van der Waals surface area contributed by atoms with Crippen molar-refractivity contribution < 1.29 is 0 Å². The first-order chi connectivity index (χ1) is 10.3. The van der Waals surface area contributed by atoms with E-state index in [9.17, 15) is 4.79 Å². The zero-order valence-electron chi connectivity index (χ0n) is 11.9. The van der Waals surface area contributed by atoms with Gasteiger partial charge in [0.05, 0.1) is 24.1 Å². The Labute approximate surface area is 122 Å². The smallest absolute Gasteiger partial charge is 0.269 e. The van der Waals surface area contributed by atoms with Gasteiger partial charge in [0.15, 0.2) is 0 Å². The number of imidazole rings is 1. The summed E-state index contributed by atoms with van der Waals surface area (Å²) in [7, 11) is 0. The maximum Gasteiger partial charge on any atom is 0.269 e. The van der Waals surface area contributed by atoms with Gasteiger partial charge in [-0.05, 0) is 18.6 Å². The van der Waals surface area contributed by atoms with Gasteiger partial charge in [0.2, 0.25) is 0 Å². The number of nitrogens with one attached hydrogen (secondary N) is 1. The van der Waals surface area contributed by atoms with Crippen LogP contribution in [0.15, 0.2) is 47.7 Å². The molecule has 0 spiro atoms. The van der Waals surface area contributed by atoms with Crippen LogP contribution in [-0.2, 0) is 6.54 Å². The second kappa shape index (κ2) is 5.78. The number of anilines is 1. The summed E-state index contributed by atoms with van der Waals surface area (Å²) in [6.45, 7) is 3.28. The molecule has 0 amide bonds. The van der Waals surface area contributed by atoms with Crippen LogP contribution in [0.25, 0.3) is 5.65 Å². The summed E-state index contributed by atoms with van der Waals surface area (Å²) in [6, 6.07) is 7.37. The molecule has 3 aromatic rings. The topological polar surface area (TPSA) is 64.2 Å². The van der Waals surface area contributed by atoms with Crippen molar-refractivity contribution in [1.29, 1.82) is 0 Å². The maximum absolute atomic E-state index is 12.0. The number of fused-ring (bicyclic) bond motifs is 1. The third-order valence-electron chi connectivity index (χ3n) is 3.17. The van der Waals surface area contributed by atoms with Crippen LogP contribution in [0.4, 0.5) is 5.69 Å². The summed E-state index contributed by atoms with van der Waals surface area (Å²) in [4.78, 5) is 16.5. The Morgan fingerprint density at radius 3 is 3.00 bits per heavy atom. The normalized spacial score (nSPS) is 10.9. The molecule has 0 fully saturated rings. The minimum absolute atomic E-state index is 0.131. The van der Waals surface area contributed by atoms with Crippen LogP contribution in [0.2, 0.25) is 0 Å². The Balaban J connectivity index is 1.82. The zero-order valence-corrected chi connectivity index (χ0v) is 11.9. The van der Waals surface area contributed by atoms with E-state index in [0.29, 0.717) is 6.54 Å². The van der Waals surface area contributed by atoms with Crippen LogP contribution < -0.4 is 10.9 Å². The molecule has 3 heterocycles. The van der Waals surface area contributed by atoms with Gasteiger partial charge >= 0.3 is 0 Å². The Morgan fingerprint density at radius 2 is 2.24 bits per heavy atom. The fourth-order valence-electron chi connectivity index (χ4n) is 2.14. The summed E-state index contributed by atoms with van der Waals surface area (Å²) in [5.41, 5.74) is 2.30. The van der Waals surface area contributed by atoms with Gasteiger partial charge in [-0.25, -0.2) is 9.67 Å². The van der Waals surface area contributed by atoms with E-state index >= 15 is 0 Å². The molecular weight excluding hydrogens is 266 g/mol. The molecule has 21 heavy (non-hydrogen) atoms. The van der Waals surface area contributed by atoms with Crippen LogP contribution >= 0.6 is 0 Å². The van der Waals surface area contributed by atoms with Crippen molar-refractivity contribution in [2.45, 2.75) is 19.9 Å². The fourth-order valence-corrected chi connectivity index (χ4v) is 2.14. The number of hydrogen-bond donors (Lipinski definition) is 1. The van der Waals surface area contributed by atoms with E-state index in [4.69, 9.17) is 0 Å². The van der Waals surface area contributed by atoms with Crippen LogP contribution in [0.5, 0.6) is 0 Å². The van der Waals surface area contributed by atoms with Gasteiger partial charge in [0.1, 0.15) is 5.65 Å². The number of aromatic nitrogens is 4. The van der Waals surface area contributed by atoms with Crippen molar-refractivity contribution in [3.63, 3.8) is 0 Å². The molecule has 0 saturated carbocycles. The molecular formula is C15H17N5O. The highest BCUT2D eigenvalue weighted by atomic mass is 16.1. The maximum atomic E-state index is 12.0. The SMILES string of the molecule is CCCNc1cnn(Cc2cn3ccccc3n2)c(=O)c1. The third kappa shape index (κ3) is 2.94. The Hall–Kier alpha value is -2.63.